The van der Waals surface area contributed by atoms with Crippen molar-refractivity contribution in [2.75, 3.05) is 23.8 Å². The second-order valence-electron chi connectivity index (χ2n) is 11.3. The second-order valence-corrected chi connectivity index (χ2v) is 11.3. The van der Waals surface area contributed by atoms with E-state index in [0.29, 0.717) is 46.2 Å². The molecule has 4 aliphatic rings. The normalized spacial score (nSPS) is 25.3. The van der Waals surface area contributed by atoms with Gasteiger partial charge in [0.1, 0.15) is 35.2 Å². The number of aromatic nitrogens is 5. The van der Waals surface area contributed by atoms with Crippen LogP contribution in [0.3, 0.4) is 0 Å². The average Bonchev–Trinajstić information content (AvgIpc) is 3.69. The van der Waals surface area contributed by atoms with E-state index < -0.39 is 29.7 Å². The lowest BCUT2D eigenvalue weighted by Crippen LogP contribution is -2.57. The highest BCUT2D eigenvalue weighted by Crippen LogP contribution is 2.65. The number of hydrogen-bond acceptors (Lipinski definition) is 8. The summed E-state index contributed by atoms with van der Waals surface area (Å²) in [6.07, 6.45) is 2.61. The number of hydrogen-bond donors (Lipinski definition) is 2. The highest BCUT2D eigenvalue weighted by Gasteiger charge is 2.76. The number of ether oxygens (including phenoxy) is 2. The lowest BCUT2D eigenvalue weighted by Gasteiger charge is -2.43. The van der Waals surface area contributed by atoms with Crippen molar-refractivity contribution < 1.29 is 27.4 Å². The summed E-state index contributed by atoms with van der Waals surface area (Å²) in [5, 5.41) is 6.09. The summed E-state index contributed by atoms with van der Waals surface area (Å²) in [4.78, 5) is 31.2. The van der Waals surface area contributed by atoms with Crippen LogP contribution in [0, 0.1) is 12.3 Å². The number of nitrogens with one attached hydrogen (secondary N) is 2. The largest absolute Gasteiger partial charge is 0.396 e. The van der Waals surface area contributed by atoms with Crippen molar-refractivity contribution in [1.29, 1.82) is 0 Å². The molecule has 4 fully saturated rings. The number of fused-ring (bicyclic) bond motifs is 2. The van der Waals surface area contributed by atoms with Gasteiger partial charge in [0.05, 0.1) is 18.3 Å². The van der Waals surface area contributed by atoms with E-state index in [-0.39, 0.29) is 19.1 Å². The van der Waals surface area contributed by atoms with Gasteiger partial charge >= 0.3 is 6.18 Å². The fraction of sp³-hybridized carbons (Fsp3) is 0.414. The summed E-state index contributed by atoms with van der Waals surface area (Å²) in [6.45, 7) is 2.10. The van der Waals surface area contributed by atoms with Gasteiger partial charge in [-0.2, -0.15) is 13.2 Å². The third-order valence-electron chi connectivity index (χ3n) is 8.52. The van der Waals surface area contributed by atoms with Crippen LogP contribution >= 0.6 is 0 Å². The zero-order valence-electron chi connectivity index (χ0n) is 22.7. The molecule has 1 aromatic carbocycles. The van der Waals surface area contributed by atoms with E-state index in [0.717, 1.165) is 24.8 Å². The Labute approximate surface area is 238 Å². The lowest BCUT2D eigenvalue weighted by molar-refractivity contribution is -0.241. The molecular weight excluding hydrogens is 551 g/mol. The van der Waals surface area contributed by atoms with Gasteiger partial charge in [0.15, 0.2) is 5.65 Å². The number of carbonyl (C=O) groups excluding carboxylic acids is 1. The number of amides is 1. The Morgan fingerprint density at radius 2 is 1.98 bits per heavy atom. The van der Waals surface area contributed by atoms with Crippen LogP contribution in [0.15, 0.2) is 49.2 Å². The molecular formula is C29H28F3N7O3. The average molecular weight is 580 g/mol. The molecule has 1 saturated carbocycles. The molecule has 8 rings (SSSR count). The van der Waals surface area contributed by atoms with Gasteiger partial charge in [-0.1, -0.05) is 6.07 Å². The molecule has 2 N–H and O–H groups in total. The molecule has 42 heavy (non-hydrogen) atoms. The molecule has 0 spiro atoms. The van der Waals surface area contributed by atoms with Crippen molar-refractivity contribution in [2.24, 2.45) is 5.41 Å². The predicted octanol–water partition coefficient (Wildman–Crippen LogP) is 5.69. The zero-order chi connectivity index (χ0) is 29.1. The molecule has 6 heterocycles. The SMILES string of the molecule is Cc1ccc(NC(=O)C23CC(C(F)(F)F)(CO2)C3)cc1Nc1ncccc1-c1ncnc2c1ncn2C1CCCCO1. The maximum Gasteiger partial charge on any atom is 0.396 e. The minimum atomic E-state index is -4.40. The molecule has 2 bridgehead atoms. The van der Waals surface area contributed by atoms with E-state index in [1.54, 1.807) is 30.7 Å². The van der Waals surface area contributed by atoms with E-state index in [2.05, 4.69) is 30.6 Å². The first-order valence-electron chi connectivity index (χ1n) is 13.8. The van der Waals surface area contributed by atoms with Gasteiger partial charge in [0.25, 0.3) is 5.91 Å². The molecule has 218 valence electrons. The smallest absolute Gasteiger partial charge is 0.364 e. The number of benzene rings is 1. The van der Waals surface area contributed by atoms with Gasteiger partial charge in [0.2, 0.25) is 0 Å². The van der Waals surface area contributed by atoms with Crippen molar-refractivity contribution in [1.82, 2.24) is 24.5 Å². The molecule has 0 radical (unpaired) electrons. The Morgan fingerprint density at radius 1 is 1.12 bits per heavy atom. The second kappa shape index (κ2) is 9.73. The number of alkyl halides is 3. The van der Waals surface area contributed by atoms with Crippen molar-refractivity contribution in [3.63, 3.8) is 0 Å². The van der Waals surface area contributed by atoms with Crippen LogP contribution < -0.4 is 10.6 Å². The van der Waals surface area contributed by atoms with Crippen LogP contribution in [-0.4, -0.2) is 55.4 Å². The number of imidazole rings is 1. The fourth-order valence-electron chi connectivity index (χ4n) is 6.14. The fourth-order valence-corrected chi connectivity index (χ4v) is 6.14. The maximum absolute atomic E-state index is 13.4. The molecule has 13 heteroatoms. The first kappa shape index (κ1) is 26.8. The molecule has 3 aromatic heterocycles. The first-order chi connectivity index (χ1) is 20.2. The number of halogens is 3. The van der Waals surface area contributed by atoms with Crippen LogP contribution in [0.4, 0.5) is 30.4 Å². The van der Waals surface area contributed by atoms with Crippen LogP contribution in [0.1, 0.15) is 43.9 Å². The summed E-state index contributed by atoms with van der Waals surface area (Å²) in [5.74, 6) is -0.0617. The summed E-state index contributed by atoms with van der Waals surface area (Å²) >= 11 is 0. The molecule has 4 aromatic rings. The van der Waals surface area contributed by atoms with E-state index in [1.165, 1.54) is 6.33 Å². The standard InChI is InChI=1S/C29H28F3N7O3/c1-17-7-8-18(37-26(40)28-12-27(13-28,14-42-28)29(30,31)32)11-20(17)38-24-19(5-4-9-33-24)22-23-25(35-15-34-22)39(16-36-23)21-6-2-3-10-41-21/h4-5,7-9,11,15-16,21H,2-3,6,10,12-14H2,1H3,(H,33,38)(H,37,40). The summed E-state index contributed by atoms with van der Waals surface area (Å²) in [7, 11) is 0. The molecule has 3 aliphatic heterocycles. The number of carbonyl (C=O) groups is 1. The van der Waals surface area contributed by atoms with Crippen molar-refractivity contribution >= 4 is 34.3 Å². The Kier molecular flexibility index (Phi) is 6.21. The van der Waals surface area contributed by atoms with E-state index >= 15 is 0 Å². The minimum absolute atomic E-state index is 0.127. The Morgan fingerprint density at radius 3 is 2.74 bits per heavy atom. The summed E-state index contributed by atoms with van der Waals surface area (Å²) in [5.41, 5.74) is 1.16. The molecule has 1 unspecified atom stereocenters. The Balaban J connectivity index is 1.14. The molecule has 10 nitrogen and oxygen atoms in total. The lowest BCUT2D eigenvalue weighted by atomic mass is 9.61. The molecule has 1 aliphatic carbocycles. The van der Waals surface area contributed by atoms with Gasteiger partial charge < -0.3 is 20.1 Å². The molecule has 1 amide bonds. The molecule has 1 atom stereocenters. The van der Waals surface area contributed by atoms with Gasteiger partial charge in [-0.05, 0) is 56.0 Å². The number of nitrogens with zero attached hydrogens (tertiary/aromatic N) is 5. The number of anilines is 3. The van der Waals surface area contributed by atoms with Crippen LogP contribution in [0.2, 0.25) is 0 Å². The van der Waals surface area contributed by atoms with Crippen molar-refractivity contribution in [2.45, 2.75) is 57.0 Å². The maximum atomic E-state index is 13.4. The summed E-state index contributed by atoms with van der Waals surface area (Å²) in [6, 6.07) is 8.92. The van der Waals surface area contributed by atoms with Crippen molar-refractivity contribution in [3.8, 4) is 11.3 Å². The highest BCUT2D eigenvalue weighted by atomic mass is 19.4. The number of pyridine rings is 1. The van der Waals surface area contributed by atoms with Crippen molar-refractivity contribution in [3.05, 3.63) is 54.7 Å². The Hall–Kier alpha value is -4.10. The molecule has 3 saturated heterocycles. The third kappa shape index (κ3) is 4.29. The Bertz CT molecular complexity index is 1680. The topological polar surface area (TPSA) is 116 Å². The third-order valence-corrected chi connectivity index (χ3v) is 8.52. The number of rotatable bonds is 6. The van der Waals surface area contributed by atoms with Gasteiger partial charge in [-0.3, -0.25) is 9.36 Å². The minimum Gasteiger partial charge on any atom is -0.364 e. The van der Waals surface area contributed by atoms with Crippen LogP contribution in [0.25, 0.3) is 22.4 Å². The van der Waals surface area contributed by atoms with E-state index in [9.17, 15) is 18.0 Å². The van der Waals surface area contributed by atoms with Crippen LogP contribution in [0.5, 0.6) is 0 Å². The first-order valence-corrected chi connectivity index (χ1v) is 13.8. The van der Waals surface area contributed by atoms with E-state index in [1.807, 2.05) is 23.6 Å². The number of aryl methyl sites for hydroxylation is 1. The van der Waals surface area contributed by atoms with Gasteiger partial charge in [0, 0.05) is 42.6 Å². The highest BCUT2D eigenvalue weighted by molar-refractivity contribution is 5.99. The quantitative estimate of drug-likeness (QED) is 0.299. The summed E-state index contributed by atoms with van der Waals surface area (Å²) < 4.78 is 53.6. The monoisotopic (exact) mass is 579 g/mol. The van der Waals surface area contributed by atoms with Crippen LogP contribution in [-0.2, 0) is 14.3 Å². The van der Waals surface area contributed by atoms with Gasteiger partial charge in [-0.15, -0.1) is 0 Å². The predicted molar refractivity (Wildman–Crippen MR) is 147 cm³/mol. The van der Waals surface area contributed by atoms with E-state index in [4.69, 9.17) is 9.47 Å². The zero-order valence-corrected chi connectivity index (χ0v) is 22.7. The van der Waals surface area contributed by atoms with Gasteiger partial charge in [-0.25, -0.2) is 19.9 Å².